The van der Waals surface area contributed by atoms with E-state index in [-0.39, 0.29) is 11.8 Å². The summed E-state index contributed by atoms with van der Waals surface area (Å²) in [5.74, 6) is 1.76. The minimum Gasteiger partial charge on any atom is -0.493 e. The lowest BCUT2D eigenvalue weighted by molar-refractivity contribution is 0.0210. The average molecular weight is 490 g/mol. The van der Waals surface area contributed by atoms with Crippen molar-refractivity contribution in [1.29, 1.82) is 0 Å². The monoisotopic (exact) mass is 488 g/mol. The van der Waals surface area contributed by atoms with Gasteiger partial charge in [-0.1, -0.05) is 40.4 Å². The van der Waals surface area contributed by atoms with Gasteiger partial charge in [0.05, 0.1) is 17.7 Å². The fourth-order valence-electron chi connectivity index (χ4n) is 2.60. The van der Waals surface area contributed by atoms with Gasteiger partial charge >= 0.3 is 0 Å². The molecular formula is C21H37BrO4Si2. The molecule has 0 saturated heterocycles. The predicted molar refractivity (Wildman–Crippen MR) is 125 cm³/mol. The van der Waals surface area contributed by atoms with Crippen LogP contribution >= 0.6 is 15.9 Å². The van der Waals surface area contributed by atoms with E-state index in [1.807, 2.05) is 0 Å². The molecule has 0 N–H and O–H groups in total. The summed E-state index contributed by atoms with van der Waals surface area (Å²) in [6.07, 6.45) is 0.863. The first-order valence-electron chi connectivity index (χ1n) is 10.1. The highest BCUT2D eigenvalue weighted by Crippen LogP contribution is 2.43. The zero-order chi connectivity index (χ0) is 21.2. The second-order valence-corrected chi connectivity index (χ2v) is 21.5. The van der Waals surface area contributed by atoms with Crippen LogP contribution in [-0.4, -0.2) is 36.4 Å². The molecule has 2 rings (SSSR count). The van der Waals surface area contributed by atoms with Gasteiger partial charge in [0.2, 0.25) is 0 Å². The van der Waals surface area contributed by atoms with E-state index in [1.54, 1.807) is 0 Å². The summed E-state index contributed by atoms with van der Waals surface area (Å²) >= 11 is 3.76. The first kappa shape index (κ1) is 23.9. The molecule has 1 aliphatic rings. The van der Waals surface area contributed by atoms with Crippen molar-refractivity contribution in [2.45, 2.75) is 77.6 Å². The van der Waals surface area contributed by atoms with Crippen molar-refractivity contribution >= 4 is 32.3 Å². The lowest BCUT2D eigenvalue weighted by atomic mass is 10.1. The Bertz CT molecular complexity index is 678. The Balaban J connectivity index is 2.09. The highest BCUT2D eigenvalue weighted by molar-refractivity contribution is 9.10. The highest BCUT2D eigenvalue weighted by Gasteiger charge is 2.37. The van der Waals surface area contributed by atoms with Crippen LogP contribution in [0.15, 0.2) is 10.5 Å². The van der Waals surface area contributed by atoms with Gasteiger partial charge in [-0.25, -0.2) is 0 Å². The fraction of sp³-hybridized carbons (Fsp3) is 0.714. The molecular weight excluding hydrogens is 452 g/mol. The van der Waals surface area contributed by atoms with Gasteiger partial charge < -0.3 is 18.6 Å². The third kappa shape index (κ3) is 6.32. The van der Waals surface area contributed by atoms with E-state index in [0.29, 0.717) is 13.2 Å². The number of benzene rings is 1. The van der Waals surface area contributed by atoms with Crippen LogP contribution < -0.4 is 9.47 Å². The van der Waals surface area contributed by atoms with Crippen LogP contribution in [0.5, 0.6) is 11.5 Å². The highest BCUT2D eigenvalue weighted by atomic mass is 79.9. The van der Waals surface area contributed by atoms with Gasteiger partial charge in [0.1, 0.15) is 11.5 Å². The summed E-state index contributed by atoms with van der Waals surface area (Å²) < 4.78 is 25.0. The molecule has 0 atom stereocenters. The number of fused-ring (bicyclic) bond motifs is 1. The number of hydrogen-bond acceptors (Lipinski definition) is 4. The lowest BCUT2D eigenvalue weighted by Crippen LogP contribution is -2.40. The van der Waals surface area contributed by atoms with Crippen LogP contribution in [0.3, 0.4) is 0 Å². The number of hydrogen-bond donors (Lipinski definition) is 0. The third-order valence-electron chi connectivity index (χ3n) is 5.65. The summed E-state index contributed by atoms with van der Waals surface area (Å²) in [5, 5.41) is 0.177. The molecule has 1 aromatic rings. The molecule has 0 spiro atoms. The van der Waals surface area contributed by atoms with E-state index in [0.717, 1.165) is 46.2 Å². The van der Waals surface area contributed by atoms with Gasteiger partial charge in [-0.05, 0) is 51.7 Å². The van der Waals surface area contributed by atoms with E-state index in [2.05, 4.69) is 75.5 Å². The van der Waals surface area contributed by atoms with E-state index >= 15 is 0 Å². The largest absolute Gasteiger partial charge is 0.493 e. The zero-order valence-electron chi connectivity index (χ0n) is 18.8. The molecule has 1 aromatic carbocycles. The molecule has 28 heavy (non-hydrogen) atoms. The average Bonchev–Trinajstić information content (AvgIpc) is 3.00. The summed E-state index contributed by atoms with van der Waals surface area (Å²) in [6.45, 7) is 20.6. The van der Waals surface area contributed by atoms with Crippen LogP contribution in [0, 0.1) is 0 Å². The van der Waals surface area contributed by atoms with E-state index in [4.69, 9.17) is 18.6 Å². The van der Waals surface area contributed by atoms with Gasteiger partial charge in [-0.15, -0.1) is 0 Å². The van der Waals surface area contributed by atoms with Crippen molar-refractivity contribution in [3.8, 4) is 11.5 Å². The summed E-state index contributed by atoms with van der Waals surface area (Å²) in [4.78, 5) is 0. The maximum atomic E-state index is 6.43. The van der Waals surface area contributed by atoms with Crippen LogP contribution in [0.2, 0.25) is 43.8 Å². The van der Waals surface area contributed by atoms with Gasteiger partial charge in [-0.2, -0.15) is 0 Å². The van der Waals surface area contributed by atoms with Crippen LogP contribution in [-0.2, 0) is 22.2 Å². The fourth-order valence-corrected chi connectivity index (χ4v) is 4.88. The Morgan fingerprint density at radius 1 is 1.14 bits per heavy atom. The van der Waals surface area contributed by atoms with E-state index in [9.17, 15) is 0 Å². The Hall–Kier alpha value is -0.346. The van der Waals surface area contributed by atoms with Crippen molar-refractivity contribution < 1.29 is 18.6 Å². The third-order valence-corrected chi connectivity index (χ3v) is 12.7. The molecule has 160 valence electrons. The van der Waals surface area contributed by atoms with Crippen molar-refractivity contribution in [2.75, 3.05) is 20.0 Å². The van der Waals surface area contributed by atoms with E-state index < -0.39 is 16.4 Å². The normalized spacial score (nSPS) is 14.8. The Morgan fingerprint density at radius 3 is 2.43 bits per heavy atom. The second kappa shape index (κ2) is 9.20. The SMILES string of the molecule is CC(C)(C)[Si](C)(C)OCc1cc2c(c(OCOCC[Si](C)(C)C)c1Br)CCO2. The molecule has 0 radical (unpaired) electrons. The van der Waals surface area contributed by atoms with Crippen molar-refractivity contribution in [3.63, 3.8) is 0 Å². The Morgan fingerprint density at radius 2 is 1.82 bits per heavy atom. The first-order valence-corrected chi connectivity index (χ1v) is 17.5. The van der Waals surface area contributed by atoms with Gasteiger partial charge in [0.15, 0.2) is 15.1 Å². The molecule has 0 unspecified atom stereocenters. The smallest absolute Gasteiger partial charge is 0.192 e. The number of ether oxygens (including phenoxy) is 3. The number of rotatable bonds is 9. The molecule has 0 fully saturated rings. The number of halogens is 1. The van der Waals surface area contributed by atoms with Crippen LogP contribution in [0.4, 0.5) is 0 Å². The maximum Gasteiger partial charge on any atom is 0.192 e. The molecule has 1 aliphatic heterocycles. The molecule has 0 aromatic heterocycles. The molecule has 0 aliphatic carbocycles. The van der Waals surface area contributed by atoms with Crippen molar-refractivity contribution in [2.24, 2.45) is 0 Å². The Labute approximate surface area is 181 Å². The molecule has 0 saturated carbocycles. The zero-order valence-corrected chi connectivity index (χ0v) is 22.4. The second-order valence-electron chi connectivity index (χ2n) is 10.3. The molecule has 7 heteroatoms. The van der Waals surface area contributed by atoms with Gasteiger partial charge in [0.25, 0.3) is 0 Å². The van der Waals surface area contributed by atoms with Crippen LogP contribution in [0.1, 0.15) is 31.9 Å². The molecule has 0 amide bonds. The molecule has 0 bridgehead atoms. The minimum absolute atomic E-state index is 0.177. The van der Waals surface area contributed by atoms with Crippen LogP contribution in [0.25, 0.3) is 0 Å². The summed E-state index contributed by atoms with van der Waals surface area (Å²) in [5.41, 5.74) is 2.19. The molecule has 4 nitrogen and oxygen atoms in total. The summed E-state index contributed by atoms with van der Waals surface area (Å²) in [6, 6.07) is 3.23. The predicted octanol–water partition coefficient (Wildman–Crippen LogP) is 6.60. The summed E-state index contributed by atoms with van der Waals surface area (Å²) in [7, 11) is -2.92. The molecule has 1 heterocycles. The van der Waals surface area contributed by atoms with Crippen molar-refractivity contribution in [3.05, 3.63) is 21.7 Å². The quantitative estimate of drug-likeness (QED) is 0.223. The van der Waals surface area contributed by atoms with E-state index in [1.165, 1.54) is 0 Å². The lowest BCUT2D eigenvalue weighted by Gasteiger charge is -2.36. The standard InChI is InChI=1S/C21H37BrO4Si2/c1-21(2,3)28(7,8)26-14-16-13-18-17(9-10-24-18)20(19(16)22)25-15-23-11-12-27(4,5)6/h13H,9-12,14-15H2,1-8H3. The Kier molecular flexibility index (Phi) is 7.87. The minimum atomic E-state index is -1.83. The van der Waals surface area contributed by atoms with Crippen molar-refractivity contribution in [1.82, 2.24) is 0 Å². The van der Waals surface area contributed by atoms with Gasteiger partial charge in [0, 0.05) is 26.7 Å². The maximum absolute atomic E-state index is 6.43. The topological polar surface area (TPSA) is 36.9 Å². The van der Waals surface area contributed by atoms with Gasteiger partial charge in [-0.3, -0.25) is 0 Å². The first-order chi connectivity index (χ1) is 12.8.